The molecule has 2 N–H and O–H groups in total. The highest BCUT2D eigenvalue weighted by Crippen LogP contribution is 2.34. The minimum Gasteiger partial charge on any atom is -0.345 e. The predicted octanol–water partition coefficient (Wildman–Crippen LogP) is 3.61. The van der Waals surface area contributed by atoms with Gasteiger partial charge in [0.1, 0.15) is 0 Å². The Kier molecular flexibility index (Phi) is 2.79. The Balaban J connectivity index is 2.85. The topological polar surface area (TPSA) is 30.9 Å². The van der Waals surface area contributed by atoms with E-state index in [0.29, 0.717) is 0 Å². The van der Waals surface area contributed by atoms with Gasteiger partial charge in [0.2, 0.25) is 0 Å². The van der Waals surface area contributed by atoms with Crippen molar-refractivity contribution in [3.8, 4) is 0 Å². The van der Waals surface area contributed by atoms with Gasteiger partial charge in [-0.1, -0.05) is 11.6 Å². The molecule has 0 amide bonds. The lowest BCUT2D eigenvalue weighted by molar-refractivity contribution is 0.722. The average Bonchev–Trinajstić information content (AvgIpc) is 2.39. The Labute approximate surface area is 102 Å². The highest BCUT2D eigenvalue weighted by atomic mass is 79.9. The third-order valence-electron chi connectivity index (χ3n) is 2.57. The molecule has 1 unspecified atom stereocenters. The normalized spacial score (nSPS) is 13.4. The van der Waals surface area contributed by atoms with Crippen molar-refractivity contribution in [1.29, 1.82) is 0 Å². The first-order valence-corrected chi connectivity index (χ1v) is 5.88. The first-order chi connectivity index (χ1) is 7.02. The summed E-state index contributed by atoms with van der Waals surface area (Å²) in [6.07, 6.45) is 0. The van der Waals surface area contributed by atoms with Crippen LogP contribution >= 0.6 is 27.5 Å². The molecule has 0 aliphatic heterocycles. The molecule has 80 valence electrons. The van der Waals surface area contributed by atoms with Crippen molar-refractivity contribution < 1.29 is 0 Å². The molecule has 0 spiro atoms. The maximum atomic E-state index is 5.97. The predicted molar refractivity (Wildman–Crippen MR) is 68.2 cm³/mol. The molecule has 0 saturated heterocycles. The fraction of sp³-hybridized carbons (Fsp3) is 0.273. The van der Waals surface area contributed by atoms with Gasteiger partial charge in [-0.3, -0.25) is 0 Å². The van der Waals surface area contributed by atoms with E-state index >= 15 is 0 Å². The molecular weight excluding hydrogens is 275 g/mol. The molecule has 0 radical (unpaired) electrons. The van der Waals surface area contributed by atoms with Gasteiger partial charge in [0, 0.05) is 39.2 Å². The average molecular weight is 288 g/mol. The number of rotatable bonds is 1. The van der Waals surface area contributed by atoms with Gasteiger partial charge in [0.15, 0.2) is 0 Å². The van der Waals surface area contributed by atoms with Crippen LogP contribution in [0.2, 0.25) is 5.02 Å². The Bertz CT molecular complexity index is 517. The molecule has 4 heteroatoms. The molecule has 2 rings (SSSR count). The van der Waals surface area contributed by atoms with Crippen molar-refractivity contribution in [1.82, 2.24) is 4.57 Å². The van der Waals surface area contributed by atoms with Gasteiger partial charge >= 0.3 is 0 Å². The van der Waals surface area contributed by atoms with Crippen molar-refractivity contribution in [2.75, 3.05) is 0 Å². The lowest BCUT2D eigenvalue weighted by Gasteiger charge is -2.08. The van der Waals surface area contributed by atoms with Crippen LogP contribution < -0.4 is 5.73 Å². The number of benzene rings is 1. The van der Waals surface area contributed by atoms with E-state index in [9.17, 15) is 0 Å². The Morgan fingerprint density at radius 3 is 2.73 bits per heavy atom. The summed E-state index contributed by atoms with van der Waals surface area (Å²) in [6, 6.07) is 5.85. The van der Waals surface area contributed by atoms with Crippen molar-refractivity contribution in [3.63, 3.8) is 0 Å². The first kappa shape index (κ1) is 11.0. The highest BCUT2D eigenvalue weighted by molar-refractivity contribution is 9.10. The lowest BCUT2D eigenvalue weighted by atomic mass is 10.2. The number of nitrogens with two attached hydrogens (primary N) is 1. The van der Waals surface area contributed by atoms with Crippen LogP contribution in [-0.4, -0.2) is 4.57 Å². The standard InChI is InChI=1S/C11H12BrClN2/c1-6(14)11-10(12)8-5-7(13)3-4-9(8)15(11)2/h3-6H,14H2,1-2H3. The van der Waals surface area contributed by atoms with Crippen LogP contribution in [0.15, 0.2) is 22.7 Å². The Morgan fingerprint density at radius 1 is 1.47 bits per heavy atom. The Morgan fingerprint density at radius 2 is 2.13 bits per heavy atom. The summed E-state index contributed by atoms with van der Waals surface area (Å²) >= 11 is 9.55. The van der Waals surface area contributed by atoms with E-state index in [1.807, 2.05) is 32.2 Å². The number of aromatic nitrogens is 1. The van der Waals surface area contributed by atoms with Crippen LogP contribution in [0.4, 0.5) is 0 Å². The second kappa shape index (κ2) is 3.81. The minimum absolute atomic E-state index is 0.00412. The molecule has 0 fully saturated rings. The zero-order valence-electron chi connectivity index (χ0n) is 8.59. The summed E-state index contributed by atoms with van der Waals surface area (Å²) in [4.78, 5) is 0. The van der Waals surface area contributed by atoms with Gasteiger partial charge in [-0.05, 0) is 41.1 Å². The number of fused-ring (bicyclic) bond motifs is 1. The van der Waals surface area contributed by atoms with Gasteiger partial charge in [0.05, 0.1) is 0 Å². The van der Waals surface area contributed by atoms with Gasteiger partial charge in [-0.2, -0.15) is 0 Å². The maximum Gasteiger partial charge on any atom is 0.0494 e. The number of hydrogen-bond acceptors (Lipinski definition) is 1. The smallest absolute Gasteiger partial charge is 0.0494 e. The van der Waals surface area contributed by atoms with Crippen molar-refractivity contribution in [3.05, 3.63) is 33.4 Å². The van der Waals surface area contributed by atoms with Gasteiger partial charge in [-0.15, -0.1) is 0 Å². The number of nitrogens with zero attached hydrogens (tertiary/aromatic N) is 1. The zero-order chi connectivity index (χ0) is 11.2. The van der Waals surface area contributed by atoms with Crippen LogP contribution in [0, 0.1) is 0 Å². The molecule has 0 aliphatic carbocycles. The quantitative estimate of drug-likeness (QED) is 0.853. The first-order valence-electron chi connectivity index (χ1n) is 4.71. The van der Waals surface area contributed by atoms with Crippen molar-refractivity contribution >= 4 is 38.4 Å². The van der Waals surface area contributed by atoms with E-state index in [4.69, 9.17) is 17.3 Å². The molecule has 2 nitrogen and oxygen atoms in total. The van der Waals surface area contributed by atoms with E-state index in [1.54, 1.807) is 0 Å². The van der Waals surface area contributed by atoms with Gasteiger partial charge < -0.3 is 10.3 Å². The second-order valence-corrected chi connectivity index (χ2v) is 4.94. The molecule has 0 bridgehead atoms. The fourth-order valence-electron chi connectivity index (χ4n) is 1.90. The summed E-state index contributed by atoms with van der Waals surface area (Å²) < 4.78 is 3.14. The maximum absolute atomic E-state index is 5.97. The SMILES string of the molecule is CC(N)c1c(Br)c2cc(Cl)ccc2n1C. The van der Waals surface area contributed by atoms with E-state index in [2.05, 4.69) is 20.5 Å². The third kappa shape index (κ3) is 1.69. The summed E-state index contributed by atoms with van der Waals surface area (Å²) in [7, 11) is 2.01. The van der Waals surface area contributed by atoms with Crippen LogP contribution in [0.5, 0.6) is 0 Å². The number of aryl methyl sites for hydroxylation is 1. The van der Waals surface area contributed by atoms with E-state index in [1.165, 1.54) is 0 Å². The van der Waals surface area contributed by atoms with E-state index < -0.39 is 0 Å². The molecule has 0 saturated carbocycles. The van der Waals surface area contributed by atoms with Crippen molar-refractivity contribution in [2.45, 2.75) is 13.0 Å². The van der Waals surface area contributed by atoms with Crippen LogP contribution in [0.25, 0.3) is 10.9 Å². The Hall–Kier alpha value is -0.510. The molecule has 15 heavy (non-hydrogen) atoms. The lowest BCUT2D eigenvalue weighted by Crippen LogP contribution is -2.10. The number of halogens is 2. The largest absolute Gasteiger partial charge is 0.345 e. The summed E-state index contributed by atoms with van der Waals surface area (Å²) in [5.41, 5.74) is 8.16. The van der Waals surface area contributed by atoms with Gasteiger partial charge in [-0.25, -0.2) is 0 Å². The molecule has 0 aliphatic rings. The summed E-state index contributed by atoms with van der Waals surface area (Å²) in [6.45, 7) is 1.97. The van der Waals surface area contributed by atoms with Gasteiger partial charge in [0.25, 0.3) is 0 Å². The molecule has 1 atom stereocenters. The highest BCUT2D eigenvalue weighted by Gasteiger charge is 2.15. The molecular formula is C11H12BrClN2. The van der Waals surface area contributed by atoms with E-state index in [-0.39, 0.29) is 6.04 Å². The molecule has 2 aromatic rings. The van der Waals surface area contributed by atoms with Crippen LogP contribution in [-0.2, 0) is 7.05 Å². The minimum atomic E-state index is -0.00412. The molecule has 1 aromatic heterocycles. The summed E-state index contributed by atoms with van der Waals surface area (Å²) in [5, 5.41) is 1.85. The van der Waals surface area contributed by atoms with Crippen molar-refractivity contribution in [2.24, 2.45) is 12.8 Å². The fourth-order valence-corrected chi connectivity index (χ4v) is 3.01. The van der Waals surface area contributed by atoms with Crippen LogP contribution in [0.3, 0.4) is 0 Å². The number of hydrogen-bond donors (Lipinski definition) is 1. The third-order valence-corrected chi connectivity index (χ3v) is 3.64. The van der Waals surface area contributed by atoms with E-state index in [0.717, 1.165) is 26.1 Å². The summed E-state index contributed by atoms with van der Waals surface area (Å²) in [5.74, 6) is 0. The molecule has 1 aromatic carbocycles. The monoisotopic (exact) mass is 286 g/mol. The second-order valence-electron chi connectivity index (χ2n) is 3.71. The molecule has 1 heterocycles. The van der Waals surface area contributed by atoms with Crippen LogP contribution in [0.1, 0.15) is 18.7 Å². The zero-order valence-corrected chi connectivity index (χ0v) is 10.9.